The lowest BCUT2D eigenvalue weighted by molar-refractivity contribution is 0.0640. The van der Waals surface area contributed by atoms with E-state index in [1.165, 1.54) is 38.7 Å². The zero-order valence-corrected chi connectivity index (χ0v) is 16.6. The molecule has 1 aliphatic heterocycles. The minimum absolute atomic E-state index is 0.0267. The third-order valence-corrected chi connectivity index (χ3v) is 5.08. The van der Waals surface area contributed by atoms with Crippen molar-refractivity contribution in [3.05, 3.63) is 46.3 Å². The van der Waals surface area contributed by atoms with E-state index < -0.39 is 11.0 Å². The maximum atomic E-state index is 13.3. The molecule has 8 heteroatoms. The van der Waals surface area contributed by atoms with Crippen LogP contribution < -0.4 is 19.6 Å². The Hall–Kier alpha value is -3.65. The fourth-order valence-electron chi connectivity index (χ4n) is 3.43. The molecule has 8 nitrogen and oxygen atoms in total. The second-order valence-electron chi connectivity index (χ2n) is 7.12. The maximum Gasteiger partial charge on any atom is 0.204 e. The van der Waals surface area contributed by atoms with Crippen LogP contribution in [0.15, 0.2) is 39.7 Å². The van der Waals surface area contributed by atoms with E-state index in [-0.39, 0.29) is 46.1 Å². The van der Waals surface area contributed by atoms with Crippen molar-refractivity contribution in [3.63, 3.8) is 0 Å². The largest absolute Gasteiger partial charge is 0.507 e. The molecule has 1 atom stereocenters. The number of rotatable bonds is 4. The van der Waals surface area contributed by atoms with Crippen LogP contribution in [0.5, 0.6) is 28.7 Å². The lowest BCUT2D eigenvalue weighted by atomic mass is 9.97. The monoisotopic (exact) mass is 412 g/mol. The Bertz CT molecular complexity index is 1240. The van der Waals surface area contributed by atoms with Gasteiger partial charge < -0.3 is 33.9 Å². The van der Waals surface area contributed by atoms with Gasteiger partial charge >= 0.3 is 0 Å². The number of aliphatic hydroxyl groups excluding tert-OH is 1. The van der Waals surface area contributed by atoms with Gasteiger partial charge in [-0.05, 0) is 25.1 Å². The number of hydrogen-bond donors (Lipinski definition) is 3. The quantitative estimate of drug-likeness (QED) is 0.598. The number of phenols is 2. The van der Waals surface area contributed by atoms with Gasteiger partial charge in [0.15, 0.2) is 17.1 Å². The fourth-order valence-corrected chi connectivity index (χ4v) is 3.43. The van der Waals surface area contributed by atoms with Gasteiger partial charge in [-0.3, -0.25) is 4.79 Å². The highest BCUT2D eigenvalue weighted by atomic mass is 16.5. The minimum atomic E-state index is -0.941. The highest BCUT2D eigenvalue weighted by Gasteiger charge is 2.30. The Morgan fingerprint density at radius 1 is 1.03 bits per heavy atom. The number of ether oxygens (including phenoxy) is 3. The Morgan fingerprint density at radius 3 is 2.43 bits per heavy atom. The Kier molecular flexibility index (Phi) is 4.58. The molecule has 3 N–H and O–H groups in total. The smallest absolute Gasteiger partial charge is 0.204 e. The molecule has 0 unspecified atom stereocenters. The van der Waals surface area contributed by atoms with Gasteiger partial charge in [-0.1, -0.05) is 0 Å². The maximum absolute atomic E-state index is 13.3. The van der Waals surface area contributed by atoms with Gasteiger partial charge in [0.1, 0.15) is 34.5 Å². The van der Waals surface area contributed by atoms with E-state index in [4.69, 9.17) is 18.6 Å². The molecule has 1 aliphatic rings. The highest BCUT2D eigenvalue weighted by molar-refractivity contribution is 5.95. The number of aliphatic hydroxyl groups is 1. The average Bonchev–Trinajstić information content (AvgIpc) is 2.73. The summed E-state index contributed by atoms with van der Waals surface area (Å²) in [5.74, 6) is 0.215. The van der Waals surface area contributed by atoms with Crippen LogP contribution in [0.2, 0.25) is 0 Å². The SMILES string of the molecule is COc1cc(-c2coc3c4c(cc(O)c3c2=O)O[C@](C)(CO)C=C4)c(OC)cc1O. The highest BCUT2D eigenvalue weighted by Crippen LogP contribution is 2.42. The summed E-state index contributed by atoms with van der Waals surface area (Å²) in [7, 11) is 2.79. The van der Waals surface area contributed by atoms with Gasteiger partial charge in [0.25, 0.3) is 0 Å². The van der Waals surface area contributed by atoms with Crippen molar-refractivity contribution >= 4 is 17.0 Å². The van der Waals surface area contributed by atoms with E-state index in [1.807, 2.05) is 0 Å². The molecule has 0 saturated heterocycles. The third-order valence-electron chi connectivity index (χ3n) is 5.08. The van der Waals surface area contributed by atoms with Crippen LogP contribution in [-0.2, 0) is 0 Å². The summed E-state index contributed by atoms with van der Waals surface area (Å²) in [5, 5.41) is 30.1. The van der Waals surface area contributed by atoms with Crippen molar-refractivity contribution in [3.8, 4) is 39.9 Å². The van der Waals surface area contributed by atoms with Crippen LogP contribution in [0.25, 0.3) is 28.2 Å². The lowest BCUT2D eigenvalue weighted by Gasteiger charge is -2.30. The summed E-state index contributed by atoms with van der Waals surface area (Å²) in [6.07, 6.45) is 4.60. The number of benzene rings is 2. The van der Waals surface area contributed by atoms with Crippen LogP contribution >= 0.6 is 0 Å². The third kappa shape index (κ3) is 2.93. The molecule has 0 amide bonds. The Morgan fingerprint density at radius 2 is 1.77 bits per heavy atom. The Balaban J connectivity index is 1.98. The van der Waals surface area contributed by atoms with E-state index in [9.17, 15) is 20.1 Å². The van der Waals surface area contributed by atoms with E-state index in [1.54, 1.807) is 19.1 Å². The minimum Gasteiger partial charge on any atom is -0.507 e. The topological polar surface area (TPSA) is 119 Å². The number of methoxy groups -OCH3 is 2. The fraction of sp³-hybridized carbons (Fsp3) is 0.227. The molecule has 1 aromatic heterocycles. The molecule has 30 heavy (non-hydrogen) atoms. The first-order valence-electron chi connectivity index (χ1n) is 9.08. The predicted molar refractivity (Wildman–Crippen MR) is 110 cm³/mol. The van der Waals surface area contributed by atoms with Gasteiger partial charge in [0.2, 0.25) is 5.43 Å². The molecule has 3 aromatic rings. The number of aromatic hydroxyl groups is 2. The molecule has 0 saturated carbocycles. The number of hydrogen-bond acceptors (Lipinski definition) is 8. The van der Waals surface area contributed by atoms with E-state index >= 15 is 0 Å². The van der Waals surface area contributed by atoms with Gasteiger partial charge in [0, 0.05) is 17.7 Å². The molecule has 0 aliphatic carbocycles. The van der Waals surface area contributed by atoms with E-state index in [0.717, 1.165) is 0 Å². The van der Waals surface area contributed by atoms with Crippen molar-refractivity contribution in [2.24, 2.45) is 0 Å². The van der Waals surface area contributed by atoms with Crippen molar-refractivity contribution in [1.29, 1.82) is 0 Å². The zero-order valence-electron chi connectivity index (χ0n) is 16.6. The summed E-state index contributed by atoms with van der Waals surface area (Å²) in [5.41, 5.74) is -0.351. The molecule has 0 radical (unpaired) electrons. The van der Waals surface area contributed by atoms with Crippen LogP contribution in [0.1, 0.15) is 12.5 Å². The number of fused-ring (bicyclic) bond motifs is 3. The van der Waals surface area contributed by atoms with Crippen molar-refractivity contribution in [2.75, 3.05) is 20.8 Å². The standard InChI is InChI=1S/C22H20O8/c1-22(10-23)5-4-11-17(30-22)8-15(25)19-20(26)13(9-29-21(11)19)12-6-18(28-3)14(24)7-16(12)27-2/h4-9,23-25H,10H2,1-3H3/t22-/m0/s1. The lowest BCUT2D eigenvalue weighted by Crippen LogP contribution is -2.35. The van der Waals surface area contributed by atoms with Crippen LogP contribution in [0.3, 0.4) is 0 Å². The summed E-state index contributed by atoms with van der Waals surface area (Å²) in [6, 6.07) is 4.11. The van der Waals surface area contributed by atoms with Gasteiger partial charge in [-0.2, -0.15) is 0 Å². The zero-order chi connectivity index (χ0) is 21.6. The summed E-state index contributed by atoms with van der Waals surface area (Å²) in [4.78, 5) is 13.3. The molecule has 156 valence electrons. The molecule has 2 aromatic carbocycles. The van der Waals surface area contributed by atoms with Crippen LogP contribution in [0, 0.1) is 0 Å². The summed E-state index contributed by atoms with van der Waals surface area (Å²) < 4.78 is 21.9. The second kappa shape index (κ2) is 7.00. The summed E-state index contributed by atoms with van der Waals surface area (Å²) in [6.45, 7) is 1.44. The molecular weight excluding hydrogens is 392 g/mol. The number of phenolic OH excluding ortho intramolecular Hbond substituents is 2. The molecule has 2 heterocycles. The van der Waals surface area contributed by atoms with E-state index in [2.05, 4.69) is 0 Å². The van der Waals surface area contributed by atoms with Crippen molar-refractivity contribution < 1.29 is 33.9 Å². The van der Waals surface area contributed by atoms with Gasteiger partial charge in [0.05, 0.1) is 32.0 Å². The van der Waals surface area contributed by atoms with Crippen molar-refractivity contribution in [2.45, 2.75) is 12.5 Å². The summed E-state index contributed by atoms with van der Waals surface area (Å²) >= 11 is 0. The second-order valence-corrected chi connectivity index (χ2v) is 7.12. The first-order chi connectivity index (χ1) is 14.3. The normalized spacial score (nSPS) is 17.5. The van der Waals surface area contributed by atoms with E-state index in [0.29, 0.717) is 16.9 Å². The molecule has 4 rings (SSSR count). The van der Waals surface area contributed by atoms with Crippen LogP contribution in [0.4, 0.5) is 0 Å². The van der Waals surface area contributed by atoms with Crippen molar-refractivity contribution in [1.82, 2.24) is 0 Å². The molecular formula is C22H20O8. The molecule has 0 spiro atoms. The first-order valence-corrected chi connectivity index (χ1v) is 9.08. The first kappa shape index (κ1) is 19.7. The molecule has 0 fully saturated rings. The van der Waals surface area contributed by atoms with Gasteiger partial charge in [-0.15, -0.1) is 0 Å². The van der Waals surface area contributed by atoms with Gasteiger partial charge in [-0.25, -0.2) is 0 Å². The molecule has 0 bridgehead atoms. The predicted octanol–water partition coefficient (Wildman–Crippen LogP) is 3.05. The van der Waals surface area contributed by atoms with Crippen LogP contribution in [-0.4, -0.2) is 41.7 Å². The Labute approximate surface area is 171 Å². The average molecular weight is 412 g/mol.